The Labute approximate surface area is 122 Å². The van der Waals surface area contributed by atoms with E-state index in [1.807, 2.05) is 30.3 Å². The summed E-state index contributed by atoms with van der Waals surface area (Å²) in [6.07, 6.45) is 1.50. The van der Waals surface area contributed by atoms with Crippen molar-refractivity contribution in [3.63, 3.8) is 0 Å². The molecule has 2 aromatic rings. The van der Waals surface area contributed by atoms with Crippen LogP contribution in [0.2, 0.25) is 0 Å². The summed E-state index contributed by atoms with van der Waals surface area (Å²) in [5.74, 6) is 0.234. The fourth-order valence-corrected chi connectivity index (χ4v) is 2.32. The number of aromatic nitrogens is 2. The molecular weight excluding hydrogens is 268 g/mol. The highest BCUT2D eigenvalue weighted by Crippen LogP contribution is 2.27. The molecule has 0 bridgehead atoms. The fraction of sp³-hybridized carbons (Fsp3) is 0.267. The van der Waals surface area contributed by atoms with Gasteiger partial charge in [0.25, 0.3) is 5.91 Å². The van der Waals surface area contributed by atoms with E-state index < -0.39 is 6.04 Å². The number of hydrogen-bond donors (Lipinski definition) is 0. The van der Waals surface area contributed by atoms with E-state index in [0.717, 1.165) is 5.56 Å². The lowest BCUT2D eigenvalue weighted by Gasteiger charge is -2.27. The minimum Gasteiger partial charge on any atom is -0.485 e. The van der Waals surface area contributed by atoms with Crippen LogP contribution in [-0.4, -0.2) is 34.2 Å². The summed E-state index contributed by atoms with van der Waals surface area (Å²) >= 11 is 0. The van der Waals surface area contributed by atoms with Crippen LogP contribution in [0.25, 0.3) is 0 Å². The van der Waals surface area contributed by atoms with Crippen molar-refractivity contribution in [2.75, 3.05) is 13.6 Å². The second kappa shape index (κ2) is 5.29. The lowest BCUT2D eigenvalue weighted by molar-refractivity contribution is 0.0723. The number of likely N-dealkylation sites (N-methyl/N-ethyl adjacent to an activating group) is 1. The van der Waals surface area contributed by atoms with Gasteiger partial charge < -0.3 is 9.64 Å². The molecule has 1 aliphatic rings. The quantitative estimate of drug-likeness (QED) is 0.857. The highest BCUT2D eigenvalue weighted by atomic mass is 16.5. The number of hydrogen-bond acceptors (Lipinski definition) is 4. The molecule has 0 saturated heterocycles. The van der Waals surface area contributed by atoms with Crippen LogP contribution >= 0.6 is 0 Å². The average molecular weight is 282 g/mol. The summed E-state index contributed by atoms with van der Waals surface area (Å²) in [5.41, 5.74) is 1.34. The monoisotopic (exact) mass is 282 g/mol. The van der Waals surface area contributed by atoms with Crippen LogP contribution < -0.4 is 4.74 Å². The van der Waals surface area contributed by atoms with Crippen molar-refractivity contribution in [2.24, 2.45) is 0 Å². The van der Waals surface area contributed by atoms with Crippen molar-refractivity contribution in [1.82, 2.24) is 14.7 Å². The van der Waals surface area contributed by atoms with Gasteiger partial charge >= 0.3 is 0 Å². The molecule has 0 radical (unpaired) electrons. The number of nitrogens with zero attached hydrogens (tertiary/aromatic N) is 4. The SMILES string of the molecule is CN1CC(C#N)n2ncc(OCc3ccccc3)c2C1=O. The maximum atomic E-state index is 12.2. The van der Waals surface area contributed by atoms with Crippen LogP contribution in [0.5, 0.6) is 5.75 Å². The molecule has 1 atom stereocenters. The van der Waals surface area contributed by atoms with Gasteiger partial charge in [0.1, 0.15) is 6.61 Å². The van der Waals surface area contributed by atoms with Gasteiger partial charge in [-0.25, -0.2) is 4.68 Å². The van der Waals surface area contributed by atoms with Gasteiger partial charge in [-0.1, -0.05) is 30.3 Å². The normalized spacial score (nSPS) is 17.2. The molecule has 0 saturated carbocycles. The summed E-state index contributed by atoms with van der Waals surface area (Å²) in [5, 5.41) is 13.3. The Kier molecular flexibility index (Phi) is 3.32. The molecule has 6 heteroatoms. The smallest absolute Gasteiger partial charge is 0.275 e. The van der Waals surface area contributed by atoms with Crippen LogP contribution in [0, 0.1) is 11.3 Å². The lowest BCUT2D eigenvalue weighted by atomic mass is 10.2. The number of rotatable bonds is 3. The second-order valence-corrected chi connectivity index (χ2v) is 4.91. The standard InChI is InChI=1S/C15H14N4O2/c1-18-9-12(7-16)19-14(15(18)20)13(8-17-19)21-10-11-5-3-2-4-6-11/h2-6,8,12H,9-10H2,1H3. The minimum atomic E-state index is -0.475. The molecule has 0 N–H and O–H groups in total. The predicted octanol–water partition coefficient (Wildman–Crippen LogP) is 1.61. The molecule has 3 rings (SSSR count). The van der Waals surface area contributed by atoms with Gasteiger partial charge in [0.15, 0.2) is 17.5 Å². The van der Waals surface area contributed by atoms with E-state index in [4.69, 9.17) is 10.00 Å². The van der Waals surface area contributed by atoms with Crippen molar-refractivity contribution in [1.29, 1.82) is 5.26 Å². The first kappa shape index (κ1) is 13.2. The summed E-state index contributed by atoms with van der Waals surface area (Å²) in [6.45, 7) is 0.690. The minimum absolute atomic E-state index is 0.179. The van der Waals surface area contributed by atoms with Crippen LogP contribution in [0.4, 0.5) is 0 Å². The Morgan fingerprint density at radius 1 is 1.43 bits per heavy atom. The third-order valence-electron chi connectivity index (χ3n) is 3.44. The van der Waals surface area contributed by atoms with Gasteiger partial charge in [-0.05, 0) is 5.56 Å². The first-order chi connectivity index (χ1) is 10.2. The second-order valence-electron chi connectivity index (χ2n) is 4.91. The third-order valence-corrected chi connectivity index (χ3v) is 3.44. The molecule has 0 spiro atoms. The van der Waals surface area contributed by atoms with E-state index in [-0.39, 0.29) is 5.91 Å². The van der Waals surface area contributed by atoms with Crippen molar-refractivity contribution < 1.29 is 9.53 Å². The molecule has 1 aromatic heterocycles. The molecule has 106 valence electrons. The zero-order chi connectivity index (χ0) is 14.8. The number of ether oxygens (including phenoxy) is 1. The number of benzene rings is 1. The largest absolute Gasteiger partial charge is 0.485 e. The van der Waals surface area contributed by atoms with E-state index >= 15 is 0 Å². The van der Waals surface area contributed by atoms with Gasteiger partial charge in [-0.2, -0.15) is 10.4 Å². The van der Waals surface area contributed by atoms with Crippen LogP contribution in [0.3, 0.4) is 0 Å². The zero-order valence-corrected chi connectivity index (χ0v) is 11.6. The van der Waals surface area contributed by atoms with E-state index in [9.17, 15) is 4.79 Å². The van der Waals surface area contributed by atoms with Crippen molar-refractivity contribution in [3.8, 4) is 11.8 Å². The van der Waals surface area contributed by atoms with Crippen molar-refractivity contribution in [3.05, 3.63) is 47.8 Å². The molecule has 21 heavy (non-hydrogen) atoms. The number of carbonyl (C=O) groups excluding carboxylic acids is 1. The van der Waals surface area contributed by atoms with Crippen LogP contribution in [0.15, 0.2) is 36.5 Å². The predicted molar refractivity (Wildman–Crippen MR) is 74.6 cm³/mol. The molecule has 1 unspecified atom stereocenters. The van der Waals surface area contributed by atoms with Crippen LogP contribution in [0.1, 0.15) is 22.1 Å². The summed E-state index contributed by atoms with van der Waals surface area (Å²) < 4.78 is 7.15. The molecule has 0 aliphatic carbocycles. The molecule has 6 nitrogen and oxygen atoms in total. The third kappa shape index (κ3) is 2.34. The summed E-state index contributed by atoms with van der Waals surface area (Å²) in [6, 6.07) is 11.4. The maximum absolute atomic E-state index is 12.2. The number of amides is 1. The van der Waals surface area contributed by atoms with Gasteiger partial charge in [0, 0.05) is 7.05 Å². The van der Waals surface area contributed by atoms with E-state index in [1.54, 1.807) is 7.05 Å². The van der Waals surface area contributed by atoms with Gasteiger partial charge in [0.2, 0.25) is 0 Å². The lowest BCUT2D eigenvalue weighted by Crippen LogP contribution is -2.40. The fourth-order valence-electron chi connectivity index (χ4n) is 2.32. The molecular formula is C15H14N4O2. The average Bonchev–Trinajstić information content (AvgIpc) is 2.94. The highest BCUT2D eigenvalue weighted by molar-refractivity contribution is 5.95. The Hall–Kier alpha value is -2.81. The van der Waals surface area contributed by atoms with E-state index in [2.05, 4.69) is 11.2 Å². The Morgan fingerprint density at radius 2 is 2.19 bits per heavy atom. The van der Waals surface area contributed by atoms with E-state index in [0.29, 0.717) is 24.6 Å². The molecule has 2 heterocycles. The number of carbonyl (C=O) groups is 1. The summed E-state index contributed by atoms with van der Waals surface area (Å²) in [7, 11) is 1.67. The van der Waals surface area contributed by atoms with Crippen molar-refractivity contribution in [2.45, 2.75) is 12.6 Å². The Morgan fingerprint density at radius 3 is 2.90 bits per heavy atom. The van der Waals surface area contributed by atoms with Gasteiger partial charge in [0.05, 0.1) is 18.8 Å². The molecule has 0 fully saturated rings. The molecule has 1 amide bonds. The highest BCUT2D eigenvalue weighted by Gasteiger charge is 2.33. The first-order valence-corrected chi connectivity index (χ1v) is 6.60. The Balaban J connectivity index is 1.87. The first-order valence-electron chi connectivity index (χ1n) is 6.60. The maximum Gasteiger partial charge on any atom is 0.275 e. The van der Waals surface area contributed by atoms with Crippen molar-refractivity contribution >= 4 is 5.91 Å². The van der Waals surface area contributed by atoms with Gasteiger partial charge in [-0.15, -0.1) is 0 Å². The number of fused-ring (bicyclic) bond motifs is 1. The zero-order valence-electron chi connectivity index (χ0n) is 11.6. The summed E-state index contributed by atoms with van der Waals surface area (Å²) in [4.78, 5) is 13.8. The number of nitriles is 1. The topological polar surface area (TPSA) is 71.2 Å². The molecule has 1 aliphatic heterocycles. The van der Waals surface area contributed by atoms with E-state index in [1.165, 1.54) is 15.8 Å². The molecule has 1 aromatic carbocycles. The van der Waals surface area contributed by atoms with Crippen LogP contribution in [-0.2, 0) is 6.61 Å². The Bertz CT molecular complexity index is 702. The van der Waals surface area contributed by atoms with Gasteiger partial charge in [-0.3, -0.25) is 4.79 Å².